The van der Waals surface area contributed by atoms with E-state index in [1.165, 1.54) is 12.0 Å². The molecule has 1 unspecified atom stereocenters. The van der Waals surface area contributed by atoms with Crippen LogP contribution in [0.25, 0.3) is 10.7 Å². The highest BCUT2D eigenvalue weighted by Crippen LogP contribution is 2.33. The smallest absolute Gasteiger partial charge is 0.217 e. The first-order valence-corrected chi connectivity index (χ1v) is 9.62. The summed E-state index contributed by atoms with van der Waals surface area (Å²) in [7, 11) is 1.70. The van der Waals surface area contributed by atoms with Gasteiger partial charge in [0.15, 0.2) is 5.82 Å². The Balaban J connectivity index is 1.54. The van der Waals surface area contributed by atoms with Gasteiger partial charge < -0.3 is 4.74 Å². The molecule has 5 nitrogen and oxygen atoms in total. The van der Waals surface area contributed by atoms with Crippen molar-refractivity contribution >= 4 is 23.6 Å². The third-order valence-corrected chi connectivity index (χ3v) is 5.81. The van der Waals surface area contributed by atoms with E-state index in [2.05, 4.69) is 33.2 Å². The number of ether oxygens (including phenoxy) is 1. The van der Waals surface area contributed by atoms with Gasteiger partial charge in [0.1, 0.15) is 5.75 Å². The molecule has 3 heterocycles. The van der Waals surface area contributed by atoms with E-state index in [1.54, 1.807) is 18.4 Å². The fraction of sp³-hybridized carbons (Fsp3) is 0.333. The number of nitrogens with zero attached hydrogens (tertiary/aromatic N) is 3. The molecule has 0 aliphatic carbocycles. The standard InChI is InChI=1S/C18H20N4OS2/c1-23-14-8-6-13(7-9-14)15-4-2-10-21(15)12-22-18(24)19-17(20-22)16-5-3-11-25-16/h3,5-9,11,15H,2,4,10,12H2,1H3,(H,19,20,24). The fourth-order valence-electron chi connectivity index (χ4n) is 3.36. The van der Waals surface area contributed by atoms with Gasteiger partial charge in [-0.3, -0.25) is 10.00 Å². The molecule has 4 rings (SSSR count). The molecule has 0 bridgehead atoms. The van der Waals surface area contributed by atoms with E-state index in [-0.39, 0.29) is 0 Å². The van der Waals surface area contributed by atoms with Crippen molar-refractivity contribution in [2.75, 3.05) is 13.7 Å². The average molecular weight is 373 g/mol. The Bertz CT molecular complexity index is 883. The molecule has 1 fully saturated rings. The number of methoxy groups -OCH3 is 1. The second-order valence-electron chi connectivity index (χ2n) is 6.15. The van der Waals surface area contributed by atoms with E-state index < -0.39 is 0 Å². The Hall–Kier alpha value is -1.96. The van der Waals surface area contributed by atoms with Crippen LogP contribution in [0.5, 0.6) is 5.75 Å². The van der Waals surface area contributed by atoms with E-state index >= 15 is 0 Å². The molecular weight excluding hydrogens is 352 g/mol. The van der Waals surface area contributed by atoms with Gasteiger partial charge in [0.2, 0.25) is 4.77 Å². The molecule has 0 amide bonds. The predicted octanol–water partition coefficient (Wildman–Crippen LogP) is 4.47. The highest BCUT2D eigenvalue weighted by atomic mass is 32.1. The highest BCUT2D eigenvalue weighted by molar-refractivity contribution is 7.71. The van der Waals surface area contributed by atoms with Crippen LogP contribution in [0.2, 0.25) is 0 Å². The largest absolute Gasteiger partial charge is 0.497 e. The molecule has 1 atom stereocenters. The van der Waals surface area contributed by atoms with Crippen LogP contribution in [0.3, 0.4) is 0 Å². The zero-order chi connectivity index (χ0) is 17.2. The third-order valence-electron chi connectivity index (χ3n) is 4.62. The van der Waals surface area contributed by atoms with E-state index in [0.717, 1.165) is 36.1 Å². The van der Waals surface area contributed by atoms with Crippen molar-refractivity contribution in [3.05, 3.63) is 52.1 Å². The maximum atomic E-state index is 5.45. The van der Waals surface area contributed by atoms with Crippen LogP contribution >= 0.6 is 23.6 Å². The number of likely N-dealkylation sites (tertiary alicyclic amines) is 1. The minimum Gasteiger partial charge on any atom is -0.497 e. The third kappa shape index (κ3) is 3.40. The van der Waals surface area contributed by atoms with Gasteiger partial charge in [0.05, 0.1) is 18.7 Å². The molecule has 1 aliphatic heterocycles. The minimum atomic E-state index is 0.404. The second-order valence-corrected chi connectivity index (χ2v) is 7.46. The van der Waals surface area contributed by atoms with Crippen LogP contribution in [0.1, 0.15) is 24.4 Å². The number of rotatable bonds is 5. The molecule has 1 aromatic carbocycles. The number of H-pyrrole nitrogens is 1. The Labute approximate surface area is 155 Å². The summed E-state index contributed by atoms with van der Waals surface area (Å²) in [5.74, 6) is 1.74. The van der Waals surface area contributed by atoms with E-state index in [9.17, 15) is 0 Å². The van der Waals surface area contributed by atoms with Gasteiger partial charge in [-0.15, -0.1) is 11.3 Å². The van der Waals surface area contributed by atoms with Gasteiger partial charge in [0.25, 0.3) is 0 Å². The fourth-order valence-corrected chi connectivity index (χ4v) is 4.22. The number of aromatic nitrogens is 3. The lowest BCUT2D eigenvalue weighted by atomic mass is 10.0. The lowest BCUT2D eigenvalue weighted by molar-refractivity contribution is 0.190. The lowest BCUT2D eigenvalue weighted by Crippen LogP contribution is -2.26. The zero-order valence-corrected chi connectivity index (χ0v) is 15.6. The quantitative estimate of drug-likeness (QED) is 0.671. The number of hydrogen-bond acceptors (Lipinski definition) is 5. The van der Waals surface area contributed by atoms with Crippen molar-refractivity contribution in [2.45, 2.75) is 25.6 Å². The molecule has 1 aliphatic rings. The summed E-state index contributed by atoms with van der Waals surface area (Å²) in [5.41, 5.74) is 1.32. The second kappa shape index (κ2) is 7.11. The summed E-state index contributed by atoms with van der Waals surface area (Å²) in [6.07, 6.45) is 2.35. The summed E-state index contributed by atoms with van der Waals surface area (Å²) in [4.78, 5) is 8.07. The van der Waals surface area contributed by atoms with Crippen LogP contribution in [0.4, 0.5) is 0 Å². The summed E-state index contributed by atoms with van der Waals surface area (Å²) in [5, 5.41) is 5.40. The first-order chi connectivity index (χ1) is 12.2. The summed E-state index contributed by atoms with van der Waals surface area (Å²) < 4.78 is 7.83. The van der Waals surface area contributed by atoms with Crippen molar-refractivity contribution in [3.63, 3.8) is 0 Å². The number of hydrogen-bond donors (Lipinski definition) is 1. The molecule has 0 saturated carbocycles. The molecule has 130 valence electrons. The average Bonchev–Trinajstić information content (AvgIpc) is 3.37. The normalized spacial score (nSPS) is 17.9. The number of benzene rings is 1. The van der Waals surface area contributed by atoms with Crippen LogP contribution in [-0.4, -0.2) is 33.3 Å². The zero-order valence-electron chi connectivity index (χ0n) is 14.0. The Morgan fingerprint density at radius 3 is 2.88 bits per heavy atom. The molecule has 7 heteroatoms. The van der Waals surface area contributed by atoms with E-state index in [0.29, 0.717) is 10.8 Å². The molecule has 25 heavy (non-hydrogen) atoms. The SMILES string of the molecule is COc1ccc(C2CCCN2Cn2[nH]c(-c3cccs3)nc2=S)cc1. The number of thiophene rings is 1. The maximum absolute atomic E-state index is 5.45. The van der Waals surface area contributed by atoms with Gasteiger partial charge in [-0.2, -0.15) is 4.98 Å². The minimum absolute atomic E-state index is 0.404. The molecule has 2 aromatic heterocycles. The first-order valence-electron chi connectivity index (χ1n) is 8.33. The van der Waals surface area contributed by atoms with Crippen molar-refractivity contribution in [2.24, 2.45) is 0 Å². The van der Waals surface area contributed by atoms with Crippen molar-refractivity contribution in [1.82, 2.24) is 19.7 Å². The van der Waals surface area contributed by atoms with Crippen LogP contribution < -0.4 is 4.74 Å². The summed E-state index contributed by atoms with van der Waals surface area (Å²) in [6.45, 7) is 1.79. The predicted molar refractivity (Wildman–Crippen MR) is 102 cm³/mol. The van der Waals surface area contributed by atoms with Crippen LogP contribution in [-0.2, 0) is 6.67 Å². The maximum Gasteiger partial charge on any atom is 0.217 e. The number of nitrogens with one attached hydrogen (secondary N) is 1. The van der Waals surface area contributed by atoms with E-state index in [4.69, 9.17) is 17.0 Å². The Morgan fingerprint density at radius 1 is 1.32 bits per heavy atom. The van der Waals surface area contributed by atoms with Crippen molar-refractivity contribution in [3.8, 4) is 16.5 Å². The monoisotopic (exact) mass is 372 g/mol. The molecule has 0 radical (unpaired) electrons. The van der Waals surface area contributed by atoms with Crippen molar-refractivity contribution in [1.29, 1.82) is 0 Å². The van der Waals surface area contributed by atoms with Gasteiger partial charge in [0, 0.05) is 12.6 Å². The topological polar surface area (TPSA) is 46.1 Å². The van der Waals surface area contributed by atoms with Crippen molar-refractivity contribution < 1.29 is 4.74 Å². The van der Waals surface area contributed by atoms with Gasteiger partial charge in [-0.1, -0.05) is 18.2 Å². The van der Waals surface area contributed by atoms with Gasteiger partial charge in [-0.05, 0) is 54.2 Å². The Kier molecular flexibility index (Phi) is 4.70. The summed E-state index contributed by atoms with van der Waals surface area (Å²) >= 11 is 7.11. The Morgan fingerprint density at radius 2 is 2.16 bits per heavy atom. The first kappa shape index (κ1) is 16.5. The number of aromatic amines is 1. The highest BCUT2D eigenvalue weighted by Gasteiger charge is 2.26. The van der Waals surface area contributed by atoms with Crippen LogP contribution in [0.15, 0.2) is 41.8 Å². The molecule has 1 saturated heterocycles. The van der Waals surface area contributed by atoms with Gasteiger partial charge >= 0.3 is 0 Å². The molecule has 3 aromatic rings. The molecular formula is C18H20N4OS2. The van der Waals surface area contributed by atoms with E-state index in [1.807, 2.05) is 28.3 Å². The molecule has 1 N–H and O–H groups in total. The van der Waals surface area contributed by atoms with Gasteiger partial charge in [-0.25, -0.2) is 4.68 Å². The molecule has 0 spiro atoms. The summed E-state index contributed by atoms with van der Waals surface area (Å²) in [6, 6.07) is 12.9. The lowest BCUT2D eigenvalue weighted by Gasteiger charge is -2.25. The van der Waals surface area contributed by atoms with Crippen LogP contribution in [0, 0.1) is 4.77 Å².